The molecule has 0 amide bonds. The molecular formula is C48H30O4. The van der Waals surface area contributed by atoms with Crippen molar-refractivity contribution < 1.29 is 17.7 Å². The normalized spacial score (nSPS) is 17.2. The molecule has 0 aliphatic heterocycles. The van der Waals surface area contributed by atoms with E-state index in [2.05, 4.69) is 140 Å². The fraction of sp³-hybridized carbons (Fsp3) is 0.0833. The Hall–Kier alpha value is -6.52. The van der Waals surface area contributed by atoms with Crippen LogP contribution in [0.3, 0.4) is 0 Å². The van der Waals surface area contributed by atoms with E-state index in [0.29, 0.717) is 11.8 Å². The van der Waals surface area contributed by atoms with Crippen LogP contribution in [0.15, 0.2) is 157 Å². The first-order chi connectivity index (χ1) is 25.7. The topological polar surface area (TPSA) is 52.6 Å². The van der Waals surface area contributed by atoms with Crippen molar-refractivity contribution in [3.8, 4) is 22.3 Å². The zero-order valence-corrected chi connectivity index (χ0v) is 28.1. The van der Waals surface area contributed by atoms with Gasteiger partial charge < -0.3 is 17.7 Å². The van der Waals surface area contributed by atoms with Gasteiger partial charge in [0, 0.05) is 43.3 Å². The summed E-state index contributed by atoms with van der Waals surface area (Å²) in [6.45, 7) is 0. The van der Waals surface area contributed by atoms with E-state index in [1.165, 1.54) is 16.5 Å². The van der Waals surface area contributed by atoms with Gasteiger partial charge in [-0.3, -0.25) is 0 Å². The zero-order chi connectivity index (χ0) is 33.9. The summed E-state index contributed by atoms with van der Waals surface area (Å²) in [5.41, 5.74) is 12.0. The van der Waals surface area contributed by atoms with Crippen molar-refractivity contribution in [3.63, 3.8) is 0 Å². The van der Waals surface area contributed by atoms with E-state index in [0.717, 1.165) is 107 Å². The molecule has 12 rings (SSSR count). The molecule has 0 spiro atoms. The average molecular weight is 671 g/mol. The monoisotopic (exact) mass is 670 g/mol. The maximum atomic E-state index is 6.57. The van der Waals surface area contributed by atoms with Gasteiger partial charge >= 0.3 is 0 Å². The van der Waals surface area contributed by atoms with E-state index in [-0.39, 0.29) is 0 Å². The molecule has 4 heterocycles. The van der Waals surface area contributed by atoms with E-state index >= 15 is 0 Å². The molecule has 4 heteroatoms. The Morgan fingerprint density at radius 2 is 0.923 bits per heavy atom. The second-order valence-electron chi connectivity index (χ2n) is 14.4. The fourth-order valence-corrected chi connectivity index (χ4v) is 8.72. The smallest absolute Gasteiger partial charge is 0.136 e. The maximum Gasteiger partial charge on any atom is 0.136 e. The molecule has 0 N–H and O–H groups in total. The third-order valence-corrected chi connectivity index (χ3v) is 11.4. The number of hydrogen-bond donors (Lipinski definition) is 0. The minimum absolute atomic E-state index is 0.471. The Bertz CT molecular complexity index is 3190. The predicted molar refractivity (Wildman–Crippen MR) is 212 cm³/mol. The molecule has 2 aliphatic rings. The second-order valence-corrected chi connectivity index (χ2v) is 14.4. The van der Waals surface area contributed by atoms with Gasteiger partial charge in [0.15, 0.2) is 0 Å². The van der Waals surface area contributed by atoms with E-state index in [4.69, 9.17) is 17.7 Å². The largest absolute Gasteiger partial charge is 0.456 e. The SMILES string of the molecule is C1=CCC(C2C=Cc3oc4ccc(-c5ccc6oc7cc8c(cc7c6c5)oc5cc6c(cc58)oc5ccc(-c7ccccc7)cc56)cc4c3C2)C=C1. The number of rotatable bonds is 3. The van der Waals surface area contributed by atoms with Crippen molar-refractivity contribution in [2.75, 3.05) is 0 Å². The van der Waals surface area contributed by atoms with Crippen LogP contribution >= 0.6 is 0 Å². The molecule has 4 aromatic heterocycles. The molecule has 246 valence electrons. The average Bonchev–Trinajstić information content (AvgIpc) is 3.95. The number of hydrogen-bond acceptors (Lipinski definition) is 4. The highest BCUT2D eigenvalue weighted by Gasteiger charge is 2.26. The molecule has 0 fully saturated rings. The molecule has 0 saturated carbocycles. The standard InChI is InChI=1S/C48H30O4/c1-3-7-27(8-4-1)29-11-15-41-33(19-29)34-21-31(13-17-42(34)49-41)32-14-18-44-36(22-32)38-24-48-40(26-46(38)51-44)39-25-45-37(23-47(39)52-48)35-20-30(12-16-43(35)50-45)28-9-5-2-6-10-28/h1-7,9-18,20-27,29H,8,19H2. The highest BCUT2D eigenvalue weighted by atomic mass is 16.3. The van der Waals surface area contributed by atoms with Gasteiger partial charge in [-0.2, -0.15) is 0 Å². The lowest BCUT2D eigenvalue weighted by Crippen LogP contribution is -2.16. The Morgan fingerprint density at radius 3 is 1.50 bits per heavy atom. The van der Waals surface area contributed by atoms with Crippen LogP contribution in [0, 0.1) is 11.8 Å². The Labute approximate surface area is 297 Å². The van der Waals surface area contributed by atoms with Gasteiger partial charge in [-0.1, -0.05) is 78.9 Å². The summed E-state index contributed by atoms with van der Waals surface area (Å²) in [4.78, 5) is 0. The molecule has 2 aliphatic carbocycles. The van der Waals surface area contributed by atoms with E-state index in [9.17, 15) is 0 Å². The fourth-order valence-electron chi connectivity index (χ4n) is 8.72. The van der Waals surface area contributed by atoms with Crippen LogP contribution in [-0.4, -0.2) is 0 Å². The summed E-state index contributed by atoms with van der Waals surface area (Å²) in [5, 5.41) is 7.45. The maximum absolute atomic E-state index is 6.57. The van der Waals surface area contributed by atoms with Crippen LogP contribution in [0.4, 0.5) is 0 Å². The van der Waals surface area contributed by atoms with Gasteiger partial charge in [-0.25, -0.2) is 0 Å². The molecule has 2 atom stereocenters. The molecule has 10 aromatic rings. The van der Waals surface area contributed by atoms with E-state index in [1.807, 2.05) is 6.07 Å². The summed E-state index contributed by atoms with van der Waals surface area (Å²) >= 11 is 0. The van der Waals surface area contributed by atoms with Crippen LogP contribution in [0.25, 0.3) is 105 Å². The number of fused-ring (bicyclic) bond motifs is 12. The van der Waals surface area contributed by atoms with Crippen molar-refractivity contribution in [1.82, 2.24) is 0 Å². The number of benzene rings is 6. The Balaban J connectivity index is 0.949. The molecule has 6 aromatic carbocycles. The van der Waals surface area contributed by atoms with Crippen LogP contribution < -0.4 is 0 Å². The van der Waals surface area contributed by atoms with Crippen molar-refractivity contribution >= 4 is 82.9 Å². The third kappa shape index (κ3) is 4.15. The summed E-state index contributed by atoms with van der Waals surface area (Å²) in [5.74, 6) is 1.98. The molecule has 4 nitrogen and oxygen atoms in total. The van der Waals surface area contributed by atoms with Crippen LogP contribution in [0.2, 0.25) is 0 Å². The van der Waals surface area contributed by atoms with Gasteiger partial charge in [0.05, 0.1) is 0 Å². The van der Waals surface area contributed by atoms with Crippen molar-refractivity contribution in [2.24, 2.45) is 11.8 Å². The molecule has 0 radical (unpaired) electrons. The minimum Gasteiger partial charge on any atom is -0.456 e. The predicted octanol–water partition coefficient (Wildman–Crippen LogP) is 13.8. The Kier molecular flexibility index (Phi) is 5.70. The first-order valence-electron chi connectivity index (χ1n) is 18.0. The van der Waals surface area contributed by atoms with Gasteiger partial charge in [0.25, 0.3) is 0 Å². The first kappa shape index (κ1) is 28.2. The van der Waals surface area contributed by atoms with E-state index in [1.54, 1.807) is 0 Å². The van der Waals surface area contributed by atoms with Crippen LogP contribution in [-0.2, 0) is 6.42 Å². The zero-order valence-electron chi connectivity index (χ0n) is 28.1. The lowest BCUT2D eigenvalue weighted by Gasteiger charge is -2.24. The van der Waals surface area contributed by atoms with Gasteiger partial charge in [-0.15, -0.1) is 0 Å². The number of allylic oxidation sites excluding steroid dienone is 5. The third-order valence-electron chi connectivity index (χ3n) is 11.4. The summed E-state index contributed by atoms with van der Waals surface area (Å²) < 4.78 is 25.7. The quantitative estimate of drug-likeness (QED) is 0.188. The van der Waals surface area contributed by atoms with Crippen molar-refractivity contribution in [2.45, 2.75) is 12.8 Å². The Morgan fingerprint density at radius 1 is 0.404 bits per heavy atom. The lowest BCUT2D eigenvalue weighted by atomic mass is 9.80. The highest BCUT2D eigenvalue weighted by molar-refractivity contribution is 6.19. The minimum atomic E-state index is 0.471. The molecule has 2 unspecified atom stereocenters. The molecular weight excluding hydrogens is 641 g/mol. The molecule has 0 saturated heterocycles. The lowest BCUT2D eigenvalue weighted by molar-refractivity contribution is 0.465. The number of furan rings is 4. The van der Waals surface area contributed by atoms with Gasteiger partial charge in [0.2, 0.25) is 0 Å². The van der Waals surface area contributed by atoms with Crippen LogP contribution in [0.5, 0.6) is 0 Å². The van der Waals surface area contributed by atoms with E-state index < -0.39 is 0 Å². The van der Waals surface area contributed by atoms with Crippen LogP contribution in [0.1, 0.15) is 17.7 Å². The second kappa shape index (κ2) is 10.5. The first-order valence-corrected chi connectivity index (χ1v) is 18.0. The molecule has 0 bridgehead atoms. The van der Waals surface area contributed by atoms with Gasteiger partial charge in [-0.05, 0) is 114 Å². The van der Waals surface area contributed by atoms with Gasteiger partial charge in [0.1, 0.15) is 44.8 Å². The summed E-state index contributed by atoms with van der Waals surface area (Å²) in [7, 11) is 0. The molecule has 52 heavy (non-hydrogen) atoms. The van der Waals surface area contributed by atoms with Crippen molar-refractivity contribution in [3.05, 3.63) is 151 Å². The van der Waals surface area contributed by atoms with Crippen molar-refractivity contribution in [1.29, 1.82) is 0 Å². The summed E-state index contributed by atoms with van der Waals surface area (Å²) in [6, 6.07) is 38.4. The summed E-state index contributed by atoms with van der Waals surface area (Å²) in [6.07, 6.45) is 15.5. The highest BCUT2D eigenvalue weighted by Crippen LogP contribution is 2.43.